The van der Waals surface area contributed by atoms with Crippen molar-refractivity contribution in [2.75, 3.05) is 13.1 Å². The molecule has 20 heavy (non-hydrogen) atoms. The quantitative estimate of drug-likeness (QED) is 0.805. The molecule has 1 aromatic carbocycles. The highest BCUT2D eigenvalue weighted by molar-refractivity contribution is 8.18. The Kier molecular flexibility index (Phi) is 3.84. The summed E-state index contributed by atoms with van der Waals surface area (Å²) in [6, 6.07) is 7.06. The second-order valence-corrected chi connectivity index (χ2v) is 5.55. The van der Waals surface area contributed by atoms with E-state index < -0.39 is 0 Å². The number of benzene rings is 1. The van der Waals surface area contributed by atoms with Gasteiger partial charge in [-0.1, -0.05) is 6.07 Å². The molecule has 1 fully saturated rings. The van der Waals surface area contributed by atoms with Crippen molar-refractivity contribution in [1.29, 1.82) is 0 Å². The second-order valence-electron chi connectivity index (χ2n) is 4.54. The summed E-state index contributed by atoms with van der Waals surface area (Å²) < 4.78 is 13.1. The number of nitrogens with zero attached hydrogens (tertiary/aromatic N) is 2. The summed E-state index contributed by atoms with van der Waals surface area (Å²) in [6.45, 7) is 1.74. The van der Waals surface area contributed by atoms with E-state index in [1.165, 1.54) is 30.0 Å². The maximum Gasteiger partial charge on any atom is 0.286 e. The van der Waals surface area contributed by atoms with Crippen LogP contribution in [-0.2, 0) is 4.79 Å². The molecule has 4 nitrogen and oxygen atoms in total. The van der Waals surface area contributed by atoms with Crippen molar-refractivity contribution in [3.8, 4) is 0 Å². The van der Waals surface area contributed by atoms with Gasteiger partial charge in [-0.25, -0.2) is 9.82 Å². The summed E-state index contributed by atoms with van der Waals surface area (Å²) in [5.74, 6) is -0.625. The van der Waals surface area contributed by atoms with E-state index >= 15 is 0 Å². The van der Waals surface area contributed by atoms with E-state index in [2.05, 4.69) is 16.5 Å². The van der Waals surface area contributed by atoms with Crippen molar-refractivity contribution in [2.24, 2.45) is 4.99 Å². The Morgan fingerprint density at radius 1 is 1.50 bits per heavy atom. The number of amidine groups is 1. The van der Waals surface area contributed by atoms with Crippen LogP contribution in [0.25, 0.3) is 6.08 Å². The van der Waals surface area contributed by atoms with Crippen LogP contribution in [0, 0.1) is 11.9 Å². The predicted molar refractivity (Wildman–Crippen MR) is 77.2 cm³/mol. The maximum atomic E-state index is 13.1. The van der Waals surface area contributed by atoms with Gasteiger partial charge < -0.3 is 0 Å². The largest absolute Gasteiger partial charge is 0.286 e. The van der Waals surface area contributed by atoms with E-state index in [1.54, 1.807) is 6.08 Å². The molecular formula is C14H13FN3OS. The van der Waals surface area contributed by atoms with Crippen LogP contribution in [0.2, 0.25) is 0 Å². The highest BCUT2D eigenvalue weighted by atomic mass is 32.2. The number of carbonyl (C=O) groups is 1. The van der Waals surface area contributed by atoms with Crippen LogP contribution in [0.4, 0.5) is 4.39 Å². The number of halogens is 1. The van der Waals surface area contributed by atoms with Crippen molar-refractivity contribution < 1.29 is 9.18 Å². The number of hydrazine groups is 1. The predicted octanol–water partition coefficient (Wildman–Crippen LogP) is 2.20. The van der Waals surface area contributed by atoms with Crippen molar-refractivity contribution in [1.82, 2.24) is 10.4 Å². The van der Waals surface area contributed by atoms with E-state index in [0.717, 1.165) is 25.9 Å². The molecule has 0 spiro atoms. The normalized spacial score (nSPS) is 21.4. The summed E-state index contributed by atoms with van der Waals surface area (Å²) in [6.07, 6.45) is 3.83. The number of aliphatic imine (C=N–C) groups is 1. The van der Waals surface area contributed by atoms with Crippen LogP contribution in [-0.4, -0.2) is 29.2 Å². The fraction of sp³-hybridized carbons (Fsp3) is 0.286. The summed E-state index contributed by atoms with van der Waals surface area (Å²) in [5, 5.41) is 2.57. The fourth-order valence-corrected chi connectivity index (χ4v) is 2.96. The molecule has 0 unspecified atom stereocenters. The third-order valence-electron chi connectivity index (χ3n) is 3.02. The van der Waals surface area contributed by atoms with Crippen LogP contribution in [0.3, 0.4) is 0 Å². The van der Waals surface area contributed by atoms with Crippen LogP contribution in [0.5, 0.6) is 0 Å². The molecule has 3 rings (SSSR count). The minimum absolute atomic E-state index is 0.282. The van der Waals surface area contributed by atoms with Gasteiger partial charge >= 0.3 is 0 Å². The van der Waals surface area contributed by atoms with Crippen LogP contribution in [0.1, 0.15) is 18.4 Å². The highest BCUT2D eigenvalue weighted by Gasteiger charge is 2.26. The summed E-state index contributed by atoms with van der Waals surface area (Å²) in [4.78, 5) is 16.4. The summed E-state index contributed by atoms with van der Waals surface area (Å²) in [5.41, 5.74) is 3.75. The number of thioether (sulfide) groups is 1. The molecule has 6 heteroatoms. The number of rotatable bonds is 1. The Balaban J connectivity index is 1.76. The lowest BCUT2D eigenvalue weighted by atomic mass is 10.2. The van der Waals surface area contributed by atoms with Gasteiger partial charge in [0.25, 0.3) is 5.91 Å². The first-order valence-corrected chi connectivity index (χ1v) is 7.25. The van der Waals surface area contributed by atoms with Crippen LogP contribution in [0.15, 0.2) is 28.1 Å². The molecule has 0 bridgehead atoms. The molecule has 0 saturated carbocycles. The molecular weight excluding hydrogens is 277 g/mol. The van der Waals surface area contributed by atoms with Gasteiger partial charge in [-0.15, -0.1) is 0 Å². The van der Waals surface area contributed by atoms with Crippen molar-refractivity contribution in [3.05, 3.63) is 40.6 Å². The number of carbonyl (C=O) groups excluding carboxylic acids is 1. The first-order valence-electron chi connectivity index (χ1n) is 6.43. The number of nitrogens with one attached hydrogen (secondary N) is 1. The Morgan fingerprint density at radius 3 is 3.15 bits per heavy atom. The number of amides is 1. The zero-order chi connectivity index (χ0) is 13.9. The Hall–Kier alpha value is -1.66. The van der Waals surface area contributed by atoms with Gasteiger partial charge in [0, 0.05) is 13.1 Å². The highest BCUT2D eigenvalue weighted by Crippen LogP contribution is 2.30. The standard InChI is InChI=1S/C14H13FN3OS/c15-11-5-3-4-10(8-11)9-12-13(19)17-14(20-12)18-7-2-1-6-16-18/h3,5,8-9,16H,1-2,6-7H2/b12-9+. The van der Waals surface area contributed by atoms with Gasteiger partial charge in [0.05, 0.1) is 4.91 Å². The minimum Gasteiger partial charge on any atom is -0.286 e. The molecule has 1 amide bonds. The SMILES string of the molecule is O=C1N=C(N2CCCCN2)S/C1=C/c1[c]ccc(F)c1. The molecule has 1 N–H and O–H groups in total. The van der Waals surface area contributed by atoms with Crippen molar-refractivity contribution in [2.45, 2.75) is 12.8 Å². The van der Waals surface area contributed by atoms with E-state index in [4.69, 9.17) is 0 Å². The maximum absolute atomic E-state index is 13.1. The summed E-state index contributed by atoms with van der Waals surface area (Å²) >= 11 is 1.31. The smallest absolute Gasteiger partial charge is 0.286 e. The first kappa shape index (κ1) is 13.3. The summed E-state index contributed by atoms with van der Waals surface area (Å²) in [7, 11) is 0. The Morgan fingerprint density at radius 2 is 2.40 bits per heavy atom. The van der Waals surface area contributed by atoms with Gasteiger partial charge in [0.1, 0.15) is 5.82 Å². The fourth-order valence-electron chi connectivity index (χ4n) is 2.05. The van der Waals surface area contributed by atoms with Crippen molar-refractivity contribution >= 4 is 28.9 Å². The number of hydrogen-bond donors (Lipinski definition) is 1. The zero-order valence-corrected chi connectivity index (χ0v) is 11.5. The zero-order valence-electron chi connectivity index (χ0n) is 10.7. The third kappa shape index (κ3) is 2.91. The lowest BCUT2D eigenvalue weighted by Crippen LogP contribution is -2.45. The molecule has 1 saturated heterocycles. The topological polar surface area (TPSA) is 44.7 Å². The van der Waals surface area contributed by atoms with Gasteiger partial charge in [-0.05, 0) is 54.4 Å². The molecule has 1 aromatic rings. The second kappa shape index (κ2) is 5.76. The Bertz CT molecular complexity index is 594. The lowest BCUT2D eigenvalue weighted by molar-refractivity contribution is -0.113. The lowest BCUT2D eigenvalue weighted by Gasteiger charge is -2.28. The molecule has 2 aliphatic rings. The van der Waals surface area contributed by atoms with Gasteiger partial charge in [0.2, 0.25) is 0 Å². The van der Waals surface area contributed by atoms with Gasteiger partial charge in [-0.3, -0.25) is 9.80 Å². The molecule has 2 aliphatic heterocycles. The average Bonchev–Trinajstić information content (AvgIpc) is 2.81. The molecule has 1 radical (unpaired) electrons. The van der Waals surface area contributed by atoms with Crippen molar-refractivity contribution in [3.63, 3.8) is 0 Å². The number of hydrogen-bond acceptors (Lipinski definition) is 4. The van der Waals surface area contributed by atoms with Gasteiger partial charge in [0.15, 0.2) is 5.17 Å². The van der Waals surface area contributed by atoms with Crippen LogP contribution >= 0.6 is 11.8 Å². The minimum atomic E-state index is -0.343. The molecule has 2 heterocycles. The van der Waals surface area contributed by atoms with E-state index in [1.807, 2.05) is 5.01 Å². The Labute approximate surface area is 120 Å². The molecule has 0 aromatic heterocycles. The molecule has 0 aliphatic carbocycles. The molecule has 103 valence electrons. The monoisotopic (exact) mass is 290 g/mol. The van der Waals surface area contributed by atoms with E-state index in [-0.39, 0.29) is 11.7 Å². The van der Waals surface area contributed by atoms with E-state index in [0.29, 0.717) is 15.6 Å². The third-order valence-corrected chi connectivity index (χ3v) is 4.03. The molecule has 0 atom stereocenters. The average molecular weight is 290 g/mol. The van der Waals surface area contributed by atoms with Crippen LogP contribution < -0.4 is 5.43 Å². The first-order chi connectivity index (χ1) is 9.72. The van der Waals surface area contributed by atoms with E-state index in [9.17, 15) is 9.18 Å². The van der Waals surface area contributed by atoms with Gasteiger partial charge in [-0.2, -0.15) is 4.99 Å².